The lowest BCUT2D eigenvalue weighted by Crippen LogP contribution is -2.26. The summed E-state index contributed by atoms with van der Waals surface area (Å²) in [4.78, 5) is 16.6. The molecular formula is C23H31NO3. The van der Waals surface area contributed by atoms with E-state index in [1.165, 1.54) is 38.3 Å². The van der Waals surface area contributed by atoms with E-state index in [1.807, 2.05) is 38.1 Å². The molecule has 0 radical (unpaired) electrons. The first-order valence-corrected chi connectivity index (χ1v) is 10.2. The standard InChI is InChI=1S/C23H31NO3/c1-23(2)14-21(25)20(22(26)15-23)16-24-18-8-10-19(11-9-18)27-13-12-17-6-4-3-5-7-17/h8-11,16-17,25H,3-7,12-15H2,1-2H3. The van der Waals surface area contributed by atoms with Crippen molar-refractivity contribution < 1.29 is 14.6 Å². The van der Waals surface area contributed by atoms with Crippen LogP contribution in [0.4, 0.5) is 5.69 Å². The molecule has 4 nitrogen and oxygen atoms in total. The SMILES string of the molecule is CC1(C)CC(=O)C(C=Nc2ccc(OCCC3CCCCC3)cc2)=C(O)C1. The van der Waals surface area contributed by atoms with E-state index >= 15 is 0 Å². The van der Waals surface area contributed by atoms with Crippen LogP contribution in [0.2, 0.25) is 0 Å². The Morgan fingerprint density at radius 3 is 2.52 bits per heavy atom. The van der Waals surface area contributed by atoms with Crippen LogP contribution in [0.25, 0.3) is 0 Å². The van der Waals surface area contributed by atoms with Crippen molar-refractivity contribution in [2.45, 2.75) is 65.2 Å². The smallest absolute Gasteiger partial charge is 0.168 e. The summed E-state index contributed by atoms with van der Waals surface area (Å²) in [5.74, 6) is 1.77. The molecule has 0 heterocycles. The molecule has 0 atom stereocenters. The number of carbonyl (C=O) groups excluding carboxylic acids is 1. The van der Waals surface area contributed by atoms with Gasteiger partial charge in [0.25, 0.3) is 0 Å². The van der Waals surface area contributed by atoms with Crippen LogP contribution in [0.3, 0.4) is 0 Å². The van der Waals surface area contributed by atoms with Crippen molar-refractivity contribution >= 4 is 17.7 Å². The van der Waals surface area contributed by atoms with Crippen molar-refractivity contribution in [3.05, 3.63) is 35.6 Å². The molecule has 0 aromatic heterocycles. The fourth-order valence-corrected chi connectivity index (χ4v) is 4.04. The van der Waals surface area contributed by atoms with Crippen molar-refractivity contribution in [2.75, 3.05) is 6.61 Å². The number of ether oxygens (including phenoxy) is 1. The maximum atomic E-state index is 12.2. The van der Waals surface area contributed by atoms with Gasteiger partial charge in [-0.05, 0) is 42.0 Å². The molecule has 0 spiro atoms. The molecule has 1 saturated carbocycles. The third-order valence-electron chi connectivity index (χ3n) is 5.60. The predicted octanol–water partition coefficient (Wildman–Crippen LogP) is 5.94. The summed E-state index contributed by atoms with van der Waals surface area (Å²) in [6.45, 7) is 4.74. The summed E-state index contributed by atoms with van der Waals surface area (Å²) in [5.41, 5.74) is 0.893. The molecule has 1 N–H and O–H groups in total. The maximum Gasteiger partial charge on any atom is 0.168 e. The van der Waals surface area contributed by atoms with Gasteiger partial charge in [-0.2, -0.15) is 0 Å². The number of carbonyl (C=O) groups is 1. The zero-order valence-corrected chi connectivity index (χ0v) is 16.5. The molecule has 0 aliphatic heterocycles. The largest absolute Gasteiger partial charge is 0.511 e. The number of hydrogen-bond acceptors (Lipinski definition) is 4. The van der Waals surface area contributed by atoms with Crippen molar-refractivity contribution in [3.63, 3.8) is 0 Å². The quantitative estimate of drug-likeness (QED) is 0.631. The lowest BCUT2D eigenvalue weighted by atomic mass is 9.77. The average Bonchev–Trinajstić information content (AvgIpc) is 2.62. The lowest BCUT2D eigenvalue weighted by Gasteiger charge is -2.28. The summed E-state index contributed by atoms with van der Waals surface area (Å²) in [7, 11) is 0. The first-order valence-electron chi connectivity index (χ1n) is 10.2. The highest BCUT2D eigenvalue weighted by Crippen LogP contribution is 2.35. The fourth-order valence-electron chi connectivity index (χ4n) is 4.04. The van der Waals surface area contributed by atoms with Gasteiger partial charge in [0.2, 0.25) is 0 Å². The maximum absolute atomic E-state index is 12.2. The van der Waals surface area contributed by atoms with Crippen LogP contribution in [0.15, 0.2) is 40.6 Å². The minimum atomic E-state index is -0.185. The second-order valence-corrected chi connectivity index (χ2v) is 8.69. The number of aliphatic imine (C=N–C) groups is 1. The Morgan fingerprint density at radius 1 is 1.15 bits per heavy atom. The molecule has 1 aromatic carbocycles. The Kier molecular flexibility index (Phi) is 6.35. The van der Waals surface area contributed by atoms with E-state index in [-0.39, 0.29) is 17.0 Å². The highest BCUT2D eigenvalue weighted by Gasteiger charge is 2.32. The van der Waals surface area contributed by atoms with Gasteiger partial charge in [-0.3, -0.25) is 9.79 Å². The van der Waals surface area contributed by atoms with E-state index in [0.717, 1.165) is 30.4 Å². The monoisotopic (exact) mass is 369 g/mol. The zero-order valence-electron chi connectivity index (χ0n) is 16.5. The molecule has 0 bridgehead atoms. The number of benzene rings is 1. The molecule has 27 heavy (non-hydrogen) atoms. The van der Waals surface area contributed by atoms with E-state index in [0.29, 0.717) is 18.4 Å². The normalized spacial score (nSPS) is 21.0. The Balaban J connectivity index is 1.53. The number of Topliss-reactive ketones (excluding diaryl/α,β-unsaturated/α-hetero) is 1. The van der Waals surface area contributed by atoms with Crippen LogP contribution in [-0.2, 0) is 4.79 Å². The number of hydrogen-bond donors (Lipinski definition) is 1. The minimum absolute atomic E-state index is 0.0461. The summed E-state index contributed by atoms with van der Waals surface area (Å²) in [5, 5.41) is 10.1. The van der Waals surface area contributed by atoms with Gasteiger partial charge in [-0.25, -0.2) is 0 Å². The van der Waals surface area contributed by atoms with Gasteiger partial charge >= 0.3 is 0 Å². The number of rotatable bonds is 6. The highest BCUT2D eigenvalue weighted by atomic mass is 16.5. The van der Waals surface area contributed by atoms with Crippen molar-refractivity contribution in [2.24, 2.45) is 16.3 Å². The first-order chi connectivity index (χ1) is 12.9. The highest BCUT2D eigenvalue weighted by molar-refractivity contribution is 6.14. The second-order valence-electron chi connectivity index (χ2n) is 8.69. The molecule has 4 heteroatoms. The molecule has 0 amide bonds. The fraction of sp³-hybridized carbons (Fsp3) is 0.565. The number of allylic oxidation sites excluding steroid dienone is 2. The van der Waals surface area contributed by atoms with E-state index in [9.17, 15) is 9.90 Å². The van der Waals surface area contributed by atoms with E-state index in [4.69, 9.17) is 4.74 Å². The van der Waals surface area contributed by atoms with E-state index < -0.39 is 0 Å². The van der Waals surface area contributed by atoms with E-state index in [2.05, 4.69) is 4.99 Å². The van der Waals surface area contributed by atoms with Crippen LogP contribution in [-0.4, -0.2) is 23.7 Å². The third kappa shape index (κ3) is 5.69. The Bertz CT molecular complexity index is 710. The number of ketones is 1. The minimum Gasteiger partial charge on any atom is -0.511 e. The summed E-state index contributed by atoms with van der Waals surface area (Å²) >= 11 is 0. The topological polar surface area (TPSA) is 58.9 Å². The molecule has 146 valence electrons. The predicted molar refractivity (Wildman–Crippen MR) is 109 cm³/mol. The van der Waals surface area contributed by atoms with Gasteiger partial charge in [-0.1, -0.05) is 46.0 Å². The summed E-state index contributed by atoms with van der Waals surface area (Å²) < 4.78 is 5.86. The molecule has 2 aliphatic rings. The Morgan fingerprint density at radius 2 is 1.85 bits per heavy atom. The van der Waals surface area contributed by atoms with Gasteiger partial charge in [0.1, 0.15) is 11.5 Å². The van der Waals surface area contributed by atoms with Gasteiger partial charge in [-0.15, -0.1) is 0 Å². The number of aliphatic hydroxyl groups excluding tert-OH is 1. The Labute approximate surface area is 162 Å². The van der Waals surface area contributed by atoms with E-state index in [1.54, 1.807) is 0 Å². The molecule has 1 fully saturated rings. The zero-order chi connectivity index (χ0) is 19.3. The molecule has 3 rings (SSSR count). The molecule has 1 aromatic rings. The van der Waals surface area contributed by atoms with Crippen LogP contribution in [0, 0.1) is 11.3 Å². The van der Waals surface area contributed by atoms with Crippen LogP contribution < -0.4 is 4.74 Å². The lowest BCUT2D eigenvalue weighted by molar-refractivity contribution is -0.117. The molecular weight excluding hydrogens is 338 g/mol. The van der Waals surface area contributed by atoms with Crippen molar-refractivity contribution in [3.8, 4) is 5.75 Å². The first kappa shape index (κ1) is 19.7. The van der Waals surface area contributed by atoms with Crippen molar-refractivity contribution in [1.82, 2.24) is 0 Å². The third-order valence-corrected chi connectivity index (χ3v) is 5.60. The number of nitrogens with zero attached hydrogens (tertiary/aromatic N) is 1. The summed E-state index contributed by atoms with van der Waals surface area (Å²) in [6.07, 6.45) is 10.4. The summed E-state index contributed by atoms with van der Waals surface area (Å²) in [6, 6.07) is 7.57. The molecule has 0 unspecified atom stereocenters. The van der Waals surface area contributed by atoms with Crippen LogP contribution in [0.5, 0.6) is 5.75 Å². The van der Waals surface area contributed by atoms with Crippen molar-refractivity contribution in [1.29, 1.82) is 0 Å². The van der Waals surface area contributed by atoms with Crippen LogP contribution >= 0.6 is 0 Å². The Hall–Kier alpha value is -2.10. The van der Waals surface area contributed by atoms with Gasteiger partial charge in [0, 0.05) is 19.1 Å². The second kappa shape index (κ2) is 8.73. The van der Waals surface area contributed by atoms with Gasteiger partial charge in [0.05, 0.1) is 17.9 Å². The molecule has 0 saturated heterocycles. The van der Waals surface area contributed by atoms with Gasteiger partial charge < -0.3 is 9.84 Å². The van der Waals surface area contributed by atoms with Crippen LogP contribution in [0.1, 0.15) is 65.2 Å². The average molecular weight is 370 g/mol. The molecule has 2 aliphatic carbocycles. The number of aliphatic hydroxyl groups is 1. The van der Waals surface area contributed by atoms with Gasteiger partial charge in [0.15, 0.2) is 5.78 Å².